The molecule has 2 heterocycles. The van der Waals surface area contributed by atoms with Crippen molar-refractivity contribution in [2.24, 2.45) is 4.99 Å². The Morgan fingerprint density at radius 2 is 2.19 bits per heavy atom. The molecule has 0 bridgehead atoms. The maximum Gasteiger partial charge on any atom is 0.191 e. The van der Waals surface area contributed by atoms with E-state index in [-0.39, 0.29) is 30.6 Å². The largest absolute Gasteiger partial charge is 0.394 e. The van der Waals surface area contributed by atoms with Gasteiger partial charge in [0.25, 0.3) is 0 Å². The van der Waals surface area contributed by atoms with Gasteiger partial charge in [-0.3, -0.25) is 4.99 Å². The Bertz CT molecular complexity index is 635. The van der Waals surface area contributed by atoms with Crippen LogP contribution in [0.3, 0.4) is 0 Å². The minimum absolute atomic E-state index is 0. The molecular formula is C17H29IN6O2S. The third kappa shape index (κ3) is 9.49. The number of hydrogen-bond acceptors (Lipinski definition) is 6. The third-order valence-corrected chi connectivity index (χ3v) is 4.58. The molecule has 0 aliphatic carbocycles. The highest BCUT2D eigenvalue weighted by Gasteiger charge is 2.03. The molecule has 27 heavy (non-hydrogen) atoms. The molecule has 2 aromatic heterocycles. The van der Waals surface area contributed by atoms with Crippen molar-refractivity contribution in [3.05, 3.63) is 34.5 Å². The summed E-state index contributed by atoms with van der Waals surface area (Å²) < 4.78 is 7.30. The van der Waals surface area contributed by atoms with Crippen LogP contribution in [-0.2, 0) is 24.1 Å². The van der Waals surface area contributed by atoms with Crippen molar-refractivity contribution in [1.82, 2.24) is 25.4 Å². The number of hydrogen-bond donors (Lipinski definition) is 3. The number of nitrogens with zero attached hydrogens (tertiary/aromatic N) is 4. The molecule has 0 unspecified atom stereocenters. The van der Waals surface area contributed by atoms with E-state index in [0.29, 0.717) is 19.8 Å². The van der Waals surface area contributed by atoms with E-state index in [0.717, 1.165) is 44.3 Å². The van der Waals surface area contributed by atoms with E-state index < -0.39 is 0 Å². The van der Waals surface area contributed by atoms with E-state index in [2.05, 4.69) is 50.3 Å². The highest BCUT2D eigenvalue weighted by molar-refractivity contribution is 14.0. The van der Waals surface area contributed by atoms with Gasteiger partial charge in [0.1, 0.15) is 12.2 Å². The number of thiophene rings is 1. The Labute approximate surface area is 181 Å². The number of aliphatic imine (C=N–C) groups is 1. The zero-order valence-electron chi connectivity index (χ0n) is 15.6. The number of aromatic nitrogens is 3. The van der Waals surface area contributed by atoms with Crippen molar-refractivity contribution in [2.45, 2.75) is 26.3 Å². The summed E-state index contributed by atoms with van der Waals surface area (Å²) in [6.45, 7) is 5.81. The zero-order chi connectivity index (χ0) is 18.5. The summed E-state index contributed by atoms with van der Waals surface area (Å²) >= 11 is 1.76. The number of aliphatic hydroxyl groups excluding tert-OH is 1. The molecule has 2 rings (SSSR count). The summed E-state index contributed by atoms with van der Waals surface area (Å²) in [4.78, 5) is 5.87. The summed E-state index contributed by atoms with van der Waals surface area (Å²) in [5.74, 6) is 1.74. The average molecular weight is 508 g/mol. The fraction of sp³-hybridized carbons (Fsp3) is 0.588. The number of nitrogens with one attached hydrogen (secondary N) is 2. The van der Waals surface area contributed by atoms with Crippen LogP contribution >= 0.6 is 35.3 Å². The zero-order valence-corrected chi connectivity index (χ0v) is 18.8. The molecule has 0 saturated carbocycles. The van der Waals surface area contributed by atoms with Gasteiger partial charge in [-0.25, -0.2) is 0 Å². The molecule has 0 aliphatic rings. The van der Waals surface area contributed by atoms with Crippen molar-refractivity contribution in [3.63, 3.8) is 0 Å². The SMILES string of the molecule is CCc1nncn1CCNC(=NCCOCCO)NCCc1cccs1.I. The second-order valence-corrected chi connectivity index (χ2v) is 6.58. The van der Waals surface area contributed by atoms with Crippen LogP contribution in [0.4, 0.5) is 0 Å². The summed E-state index contributed by atoms with van der Waals surface area (Å²) in [6.07, 6.45) is 3.58. The lowest BCUT2D eigenvalue weighted by atomic mass is 10.3. The van der Waals surface area contributed by atoms with E-state index in [1.165, 1.54) is 4.88 Å². The van der Waals surface area contributed by atoms with Crippen molar-refractivity contribution >= 4 is 41.3 Å². The number of rotatable bonds is 12. The molecular weight excluding hydrogens is 479 g/mol. The molecule has 0 atom stereocenters. The van der Waals surface area contributed by atoms with Crippen LogP contribution in [0.15, 0.2) is 28.8 Å². The van der Waals surface area contributed by atoms with Crippen LogP contribution in [0.2, 0.25) is 0 Å². The van der Waals surface area contributed by atoms with Crippen LogP contribution in [0.1, 0.15) is 17.6 Å². The number of guanidine groups is 1. The normalized spacial score (nSPS) is 11.3. The molecule has 0 spiro atoms. The fourth-order valence-corrected chi connectivity index (χ4v) is 3.07. The molecule has 0 aliphatic heterocycles. The van der Waals surface area contributed by atoms with Crippen LogP contribution < -0.4 is 10.6 Å². The topological polar surface area (TPSA) is 96.6 Å². The average Bonchev–Trinajstić information content (AvgIpc) is 3.32. The summed E-state index contributed by atoms with van der Waals surface area (Å²) in [7, 11) is 0. The van der Waals surface area contributed by atoms with Crippen molar-refractivity contribution in [2.75, 3.05) is 39.5 Å². The molecule has 0 saturated heterocycles. The molecule has 8 nitrogen and oxygen atoms in total. The highest BCUT2D eigenvalue weighted by Crippen LogP contribution is 2.07. The first-order valence-corrected chi connectivity index (χ1v) is 9.81. The fourth-order valence-electron chi connectivity index (χ4n) is 2.36. The lowest BCUT2D eigenvalue weighted by Gasteiger charge is -2.13. The summed E-state index contributed by atoms with van der Waals surface area (Å²) in [6, 6.07) is 4.20. The Hall–Kier alpha value is -1.24. The minimum atomic E-state index is 0. The van der Waals surface area contributed by atoms with Gasteiger partial charge in [0.05, 0.1) is 26.4 Å². The molecule has 0 radical (unpaired) electrons. The Morgan fingerprint density at radius 3 is 2.93 bits per heavy atom. The number of ether oxygens (including phenoxy) is 1. The Kier molecular flexibility index (Phi) is 13.0. The molecule has 3 N–H and O–H groups in total. The van der Waals surface area contributed by atoms with Crippen molar-refractivity contribution < 1.29 is 9.84 Å². The van der Waals surface area contributed by atoms with E-state index in [4.69, 9.17) is 9.84 Å². The van der Waals surface area contributed by atoms with Gasteiger partial charge in [-0.15, -0.1) is 45.5 Å². The standard InChI is InChI=1S/C17H28N6O2S.HI/c1-2-16-22-21-14-23(16)9-7-19-17(20-8-11-25-12-10-24)18-6-5-15-4-3-13-26-15;/h3-4,13-14,24H,2,5-12H2,1H3,(H2,18,19,20);1H. The molecule has 0 aromatic carbocycles. The predicted molar refractivity (Wildman–Crippen MR) is 119 cm³/mol. The predicted octanol–water partition coefficient (Wildman–Crippen LogP) is 1.31. The maximum atomic E-state index is 8.73. The number of aryl methyl sites for hydroxylation is 1. The smallest absolute Gasteiger partial charge is 0.191 e. The highest BCUT2D eigenvalue weighted by atomic mass is 127. The van der Waals surface area contributed by atoms with Crippen molar-refractivity contribution in [3.8, 4) is 0 Å². The molecule has 152 valence electrons. The first-order valence-electron chi connectivity index (χ1n) is 8.93. The van der Waals surface area contributed by atoms with Gasteiger partial charge in [-0.2, -0.15) is 0 Å². The van der Waals surface area contributed by atoms with Gasteiger partial charge in [0.2, 0.25) is 0 Å². The lowest BCUT2D eigenvalue weighted by molar-refractivity contribution is 0.0977. The third-order valence-electron chi connectivity index (χ3n) is 3.64. The van der Waals surface area contributed by atoms with Crippen LogP contribution in [0.5, 0.6) is 0 Å². The second kappa shape index (κ2) is 14.8. The van der Waals surface area contributed by atoms with Gasteiger partial charge in [0, 0.05) is 30.9 Å². The van der Waals surface area contributed by atoms with Gasteiger partial charge in [-0.05, 0) is 17.9 Å². The Morgan fingerprint density at radius 1 is 1.33 bits per heavy atom. The lowest BCUT2D eigenvalue weighted by Crippen LogP contribution is -2.40. The molecule has 0 amide bonds. The molecule has 10 heteroatoms. The number of aliphatic hydroxyl groups is 1. The van der Waals surface area contributed by atoms with Crippen LogP contribution in [0.25, 0.3) is 0 Å². The van der Waals surface area contributed by atoms with Crippen molar-refractivity contribution in [1.29, 1.82) is 0 Å². The second-order valence-electron chi connectivity index (χ2n) is 5.54. The van der Waals surface area contributed by atoms with Crippen LogP contribution in [-0.4, -0.2) is 65.3 Å². The maximum absolute atomic E-state index is 8.73. The molecule has 0 fully saturated rings. The molecule has 2 aromatic rings. The monoisotopic (exact) mass is 508 g/mol. The van der Waals surface area contributed by atoms with E-state index in [1.807, 2.05) is 4.57 Å². The van der Waals surface area contributed by atoms with Crippen LogP contribution in [0, 0.1) is 0 Å². The van der Waals surface area contributed by atoms with Gasteiger partial charge in [-0.1, -0.05) is 13.0 Å². The quantitative estimate of drug-likeness (QED) is 0.173. The van der Waals surface area contributed by atoms with E-state index in [9.17, 15) is 0 Å². The summed E-state index contributed by atoms with van der Waals surface area (Å²) in [5.41, 5.74) is 0. The minimum Gasteiger partial charge on any atom is -0.394 e. The first kappa shape index (κ1) is 23.8. The van der Waals surface area contributed by atoms with Gasteiger partial charge < -0.3 is 25.0 Å². The number of halogens is 1. The van der Waals surface area contributed by atoms with Gasteiger partial charge >= 0.3 is 0 Å². The van der Waals surface area contributed by atoms with Gasteiger partial charge in [0.15, 0.2) is 5.96 Å². The first-order chi connectivity index (χ1) is 12.8. The van der Waals surface area contributed by atoms with E-state index >= 15 is 0 Å². The van der Waals surface area contributed by atoms with E-state index in [1.54, 1.807) is 17.7 Å². The summed E-state index contributed by atoms with van der Waals surface area (Å²) in [5, 5.41) is 25.6. The Balaban J connectivity index is 0.00000364.